The van der Waals surface area contributed by atoms with Gasteiger partial charge in [0.15, 0.2) is 0 Å². The van der Waals surface area contributed by atoms with Gasteiger partial charge in [0.05, 0.1) is 29.7 Å². The van der Waals surface area contributed by atoms with Crippen LogP contribution >= 0.6 is 0 Å². The third-order valence-corrected chi connectivity index (χ3v) is 7.55. The van der Waals surface area contributed by atoms with E-state index >= 15 is 0 Å². The molecule has 4 atom stereocenters. The Bertz CT molecular complexity index is 1260. The topological polar surface area (TPSA) is 72.4 Å². The van der Waals surface area contributed by atoms with E-state index in [2.05, 4.69) is 63.0 Å². The zero-order valence-electron chi connectivity index (χ0n) is 18.7. The normalized spacial score (nSPS) is 27.0. The van der Waals surface area contributed by atoms with Crippen LogP contribution < -0.4 is 15.5 Å². The maximum absolute atomic E-state index is 14.0. The lowest BCUT2D eigenvalue weighted by molar-refractivity contribution is 0.134. The zero-order valence-corrected chi connectivity index (χ0v) is 18.7. The number of nitriles is 1. The largest absolute Gasteiger partial charge is 0.368 e. The van der Waals surface area contributed by atoms with Gasteiger partial charge in [-0.25, -0.2) is 4.39 Å². The van der Waals surface area contributed by atoms with Crippen molar-refractivity contribution in [3.8, 4) is 6.07 Å². The van der Waals surface area contributed by atoms with Gasteiger partial charge in [-0.2, -0.15) is 5.26 Å². The van der Waals surface area contributed by atoms with Crippen LogP contribution in [0.2, 0.25) is 0 Å². The van der Waals surface area contributed by atoms with E-state index in [1.54, 1.807) is 6.20 Å². The lowest BCUT2D eigenvalue weighted by Crippen LogP contribution is -2.51. The number of rotatable bonds is 2. The number of halogens is 1. The lowest BCUT2D eigenvalue weighted by Gasteiger charge is -2.43. The van der Waals surface area contributed by atoms with Gasteiger partial charge in [-0.1, -0.05) is 6.07 Å². The number of benzene rings is 2. The Morgan fingerprint density at radius 2 is 1.97 bits per heavy atom. The molecule has 33 heavy (non-hydrogen) atoms. The number of hydrogen-bond acceptors (Lipinski definition) is 6. The minimum atomic E-state index is -0.963. The van der Waals surface area contributed by atoms with Gasteiger partial charge in [0.2, 0.25) is 0 Å². The molecule has 3 aliphatic heterocycles. The average molecular weight is 443 g/mol. The molecule has 7 heteroatoms. The molecule has 168 valence electrons. The lowest BCUT2D eigenvalue weighted by atomic mass is 9.99. The fourth-order valence-electron chi connectivity index (χ4n) is 5.83. The number of nitrogens with two attached hydrogens (primary N) is 1. The number of anilines is 2. The highest BCUT2D eigenvalue weighted by molar-refractivity contribution is 5.95. The molecular weight excluding hydrogens is 415 g/mol. The third-order valence-electron chi connectivity index (χ3n) is 7.55. The molecule has 0 radical (unpaired) electrons. The van der Waals surface area contributed by atoms with Crippen molar-refractivity contribution in [2.45, 2.75) is 37.8 Å². The monoisotopic (exact) mass is 442 g/mol. The highest BCUT2D eigenvalue weighted by atomic mass is 19.1. The average Bonchev–Trinajstić information content (AvgIpc) is 3.37. The Morgan fingerprint density at radius 1 is 1.09 bits per heavy atom. The van der Waals surface area contributed by atoms with E-state index in [9.17, 15) is 9.65 Å². The van der Waals surface area contributed by atoms with Gasteiger partial charge in [0, 0.05) is 55.2 Å². The van der Waals surface area contributed by atoms with E-state index in [0.29, 0.717) is 30.7 Å². The molecule has 0 spiro atoms. The maximum atomic E-state index is 14.0. The number of hydrogen-bond donors (Lipinski definition) is 1. The second-order valence-corrected chi connectivity index (χ2v) is 9.55. The molecule has 2 saturated heterocycles. The SMILES string of the molecule is CC1CN(c2ccc(C#N)c3ncccc23)CC2c3ccc(N4CC(N)C(F)C4)cc3CN12. The van der Waals surface area contributed by atoms with Crippen LogP contribution in [0.15, 0.2) is 48.7 Å². The van der Waals surface area contributed by atoms with E-state index in [4.69, 9.17) is 5.73 Å². The first kappa shape index (κ1) is 20.4. The molecule has 0 aliphatic carbocycles. The quantitative estimate of drug-likeness (QED) is 0.656. The molecule has 2 fully saturated rings. The summed E-state index contributed by atoms with van der Waals surface area (Å²) in [7, 11) is 0. The summed E-state index contributed by atoms with van der Waals surface area (Å²) in [5.41, 5.74) is 12.2. The fraction of sp³-hybridized carbons (Fsp3) is 0.385. The van der Waals surface area contributed by atoms with Crippen LogP contribution in [0.3, 0.4) is 0 Å². The summed E-state index contributed by atoms with van der Waals surface area (Å²) in [5.74, 6) is 0. The highest BCUT2D eigenvalue weighted by Crippen LogP contribution is 2.42. The second kappa shape index (κ2) is 7.68. The van der Waals surface area contributed by atoms with Crippen LogP contribution in [0, 0.1) is 11.3 Å². The van der Waals surface area contributed by atoms with E-state index in [0.717, 1.165) is 41.9 Å². The molecule has 2 aromatic carbocycles. The van der Waals surface area contributed by atoms with Crippen LogP contribution in [-0.4, -0.2) is 54.3 Å². The van der Waals surface area contributed by atoms with E-state index < -0.39 is 12.2 Å². The molecule has 0 saturated carbocycles. The number of fused-ring (bicyclic) bond motifs is 4. The number of pyridine rings is 1. The molecular formula is C26H27FN6. The first-order valence-electron chi connectivity index (χ1n) is 11.6. The van der Waals surface area contributed by atoms with Crippen LogP contribution in [0.4, 0.5) is 15.8 Å². The van der Waals surface area contributed by atoms with Crippen molar-refractivity contribution in [1.82, 2.24) is 9.88 Å². The fourth-order valence-corrected chi connectivity index (χ4v) is 5.83. The van der Waals surface area contributed by atoms with E-state index in [1.807, 2.05) is 12.1 Å². The Balaban J connectivity index is 1.32. The van der Waals surface area contributed by atoms with Crippen LogP contribution in [0.5, 0.6) is 0 Å². The maximum Gasteiger partial charge on any atom is 0.134 e. The van der Waals surface area contributed by atoms with Gasteiger partial charge < -0.3 is 15.5 Å². The minimum Gasteiger partial charge on any atom is -0.368 e. The molecule has 4 heterocycles. The van der Waals surface area contributed by atoms with Gasteiger partial charge in [-0.05, 0) is 54.4 Å². The summed E-state index contributed by atoms with van der Waals surface area (Å²) in [5, 5.41) is 10.5. The smallest absolute Gasteiger partial charge is 0.134 e. The second-order valence-electron chi connectivity index (χ2n) is 9.55. The molecule has 3 aromatic rings. The Hall–Kier alpha value is -3.21. The van der Waals surface area contributed by atoms with Crippen molar-refractivity contribution in [2.75, 3.05) is 36.0 Å². The van der Waals surface area contributed by atoms with Gasteiger partial charge in [0.25, 0.3) is 0 Å². The summed E-state index contributed by atoms with van der Waals surface area (Å²) in [6, 6.07) is 17.1. The van der Waals surface area contributed by atoms with Crippen molar-refractivity contribution in [1.29, 1.82) is 5.26 Å². The summed E-state index contributed by atoms with van der Waals surface area (Å²) in [6.45, 7) is 5.93. The molecule has 3 aliphatic rings. The van der Waals surface area contributed by atoms with E-state index in [1.165, 1.54) is 11.1 Å². The summed E-state index contributed by atoms with van der Waals surface area (Å²) < 4.78 is 14.0. The summed E-state index contributed by atoms with van der Waals surface area (Å²) in [6.07, 6.45) is 0.784. The first-order valence-corrected chi connectivity index (χ1v) is 11.6. The predicted molar refractivity (Wildman–Crippen MR) is 128 cm³/mol. The molecule has 4 unspecified atom stereocenters. The minimum absolute atomic E-state index is 0.301. The Kier molecular flexibility index (Phi) is 4.75. The van der Waals surface area contributed by atoms with Crippen LogP contribution in [0.1, 0.15) is 29.7 Å². The Labute approximate surface area is 193 Å². The van der Waals surface area contributed by atoms with Gasteiger partial charge in [-0.3, -0.25) is 9.88 Å². The number of nitrogens with zero attached hydrogens (tertiary/aromatic N) is 5. The van der Waals surface area contributed by atoms with Crippen molar-refractivity contribution in [3.63, 3.8) is 0 Å². The van der Waals surface area contributed by atoms with E-state index in [-0.39, 0.29) is 0 Å². The zero-order chi connectivity index (χ0) is 22.7. The molecule has 6 rings (SSSR count). The predicted octanol–water partition coefficient (Wildman–Crippen LogP) is 3.36. The van der Waals surface area contributed by atoms with Gasteiger partial charge >= 0.3 is 0 Å². The van der Waals surface area contributed by atoms with Gasteiger partial charge in [-0.15, -0.1) is 0 Å². The summed E-state index contributed by atoms with van der Waals surface area (Å²) >= 11 is 0. The standard InChI is InChI=1S/C26H27FN6/c1-16-11-32(24-7-4-17(10-28)26-21(24)3-2-8-30-26)15-25-20-6-5-19(9-18(20)12-33(16)25)31-13-22(27)23(29)14-31/h2-9,16,22-23,25H,11-15,29H2,1H3. The number of alkyl halides is 1. The molecule has 2 N–H and O–H groups in total. The van der Waals surface area contributed by atoms with Gasteiger partial charge in [0.1, 0.15) is 12.2 Å². The summed E-state index contributed by atoms with van der Waals surface area (Å²) in [4.78, 5) is 11.6. The highest BCUT2D eigenvalue weighted by Gasteiger charge is 2.40. The third kappa shape index (κ3) is 3.25. The molecule has 6 nitrogen and oxygen atoms in total. The van der Waals surface area contributed by atoms with Crippen molar-refractivity contribution in [3.05, 3.63) is 65.4 Å². The first-order chi connectivity index (χ1) is 16.0. The van der Waals surface area contributed by atoms with Crippen molar-refractivity contribution >= 4 is 22.3 Å². The number of aromatic nitrogens is 1. The molecule has 0 amide bonds. The van der Waals surface area contributed by atoms with Crippen LogP contribution in [-0.2, 0) is 6.54 Å². The number of piperazine rings is 1. The molecule has 1 aromatic heterocycles. The van der Waals surface area contributed by atoms with Crippen LogP contribution in [0.25, 0.3) is 10.9 Å². The van der Waals surface area contributed by atoms with Crippen molar-refractivity contribution < 1.29 is 4.39 Å². The Morgan fingerprint density at radius 3 is 2.76 bits per heavy atom. The van der Waals surface area contributed by atoms with Crippen molar-refractivity contribution in [2.24, 2.45) is 5.73 Å². The molecule has 0 bridgehead atoms.